The van der Waals surface area contributed by atoms with E-state index in [4.69, 9.17) is 4.74 Å². The molecule has 0 fully saturated rings. The van der Waals surface area contributed by atoms with Crippen LogP contribution < -0.4 is 0 Å². The van der Waals surface area contributed by atoms with E-state index in [1.807, 2.05) is 6.92 Å². The van der Waals surface area contributed by atoms with Gasteiger partial charge >= 0.3 is 6.09 Å². The largest absolute Gasteiger partial charge is 0.444 e. The summed E-state index contributed by atoms with van der Waals surface area (Å²) >= 11 is 0. The van der Waals surface area contributed by atoms with Crippen LogP contribution in [0.1, 0.15) is 41.5 Å². The van der Waals surface area contributed by atoms with Crippen LogP contribution >= 0.6 is 0 Å². The Bertz CT molecular complexity index is 208. The molecule has 4 heteroatoms. The first-order valence-corrected chi connectivity index (χ1v) is 4.73. The Hall–Kier alpha value is -1.06. The molecule has 0 aliphatic heterocycles. The van der Waals surface area contributed by atoms with Gasteiger partial charge in [-0.3, -0.25) is 0 Å². The van der Waals surface area contributed by atoms with Gasteiger partial charge in [0.15, 0.2) is 0 Å². The van der Waals surface area contributed by atoms with E-state index in [1.165, 1.54) is 4.90 Å². The first-order valence-electron chi connectivity index (χ1n) is 4.73. The molecule has 90 valence electrons. The predicted octanol–water partition coefficient (Wildman–Crippen LogP) is 2.47. The van der Waals surface area contributed by atoms with Crippen LogP contribution in [-0.4, -0.2) is 36.0 Å². The third-order valence-corrected chi connectivity index (χ3v) is 1.75. The molecule has 0 aromatic rings. The normalized spacial score (nSPS) is 12.3. The van der Waals surface area contributed by atoms with Crippen molar-refractivity contribution in [3.8, 4) is 0 Å². The van der Waals surface area contributed by atoms with E-state index in [2.05, 4.69) is 0 Å². The van der Waals surface area contributed by atoms with Crippen LogP contribution in [0.25, 0.3) is 0 Å². The second-order valence-electron chi connectivity index (χ2n) is 4.20. The van der Waals surface area contributed by atoms with Crippen molar-refractivity contribution < 1.29 is 14.3 Å². The fourth-order valence-corrected chi connectivity index (χ4v) is 0.931. The van der Waals surface area contributed by atoms with Gasteiger partial charge in [0.1, 0.15) is 11.9 Å². The minimum absolute atomic E-state index is 0. The number of likely N-dealkylation sites (N-methyl/N-ethyl adjacent to an activating group) is 1. The van der Waals surface area contributed by atoms with Crippen LogP contribution in [0, 0.1) is 0 Å². The lowest BCUT2D eigenvalue weighted by Gasteiger charge is -2.27. The third kappa shape index (κ3) is 6.10. The quantitative estimate of drug-likeness (QED) is 0.682. The van der Waals surface area contributed by atoms with Gasteiger partial charge in [-0.05, 0) is 27.2 Å². The summed E-state index contributed by atoms with van der Waals surface area (Å²) in [7, 11) is 1.57. The van der Waals surface area contributed by atoms with Gasteiger partial charge in [-0.1, -0.05) is 14.4 Å². The van der Waals surface area contributed by atoms with E-state index < -0.39 is 17.7 Å². The molecule has 1 atom stereocenters. The van der Waals surface area contributed by atoms with Gasteiger partial charge in [0.2, 0.25) is 0 Å². The van der Waals surface area contributed by atoms with Crippen molar-refractivity contribution in [1.82, 2.24) is 4.90 Å². The molecule has 0 saturated heterocycles. The highest BCUT2D eigenvalue weighted by molar-refractivity contribution is 5.73. The van der Waals surface area contributed by atoms with Crippen LogP contribution in [-0.2, 0) is 9.53 Å². The molecule has 0 aliphatic carbocycles. The van der Waals surface area contributed by atoms with Crippen molar-refractivity contribution >= 4 is 12.4 Å². The molecule has 0 N–H and O–H groups in total. The number of carbonyl (C=O) groups is 2. The highest BCUT2D eigenvalue weighted by Crippen LogP contribution is 2.11. The maximum absolute atomic E-state index is 11.5. The highest BCUT2D eigenvalue weighted by atomic mass is 16.6. The minimum Gasteiger partial charge on any atom is -0.444 e. The molecule has 1 unspecified atom stereocenters. The summed E-state index contributed by atoms with van der Waals surface area (Å²) < 4.78 is 5.11. The van der Waals surface area contributed by atoms with Crippen molar-refractivity contribution in [3.63, 3.8) is 0 Å². The lowest BCUT2D eigenvalue weighted by Crippen LogP contribution is -2.41. The Morgan fingerprint density at radius 2 is 1.93 bits per heavy atom. The van der Waals surface area contributed by atoms with E-state index in [0.29, 0.717) is 6.42 Å². The molecular weight excluding hydrogens is 194 g/mol. The zero-order chi connectivity index (χ0) is 11.4. The van der Waals surface area contributed by atoms with Crippen LogP contribution in [0.2, 0.25) is 0 Å². The highest BCUT2D eigenvalue weighted by Gasteiger charge is 2.23. The Kier molecular flexibility index (Phi) is 7.02. The summed E-state index contributed by atoms with van der Waals surface area (Å²) in [5.74, 6) is 0. The van der Waals surface area contributed by atoms with Crippen LogP contribution in [0.5, 0.6) is 0 Å². The number of nitrogens with zero attached hydrogens (tertiary/aromatic N) is 1. The Labute approximate surface area is 92.6 Å². The fourth-order valence-electron chi connectivity index (χ4n) is 0.931. The molecule has 0 saturated carbocycles. The number of aldehydes is 1. The maximum Gasteiger partial charge on any atom is 0.410 e. The molecular formula is C11H23NO3. The number of rotatable bonds is 3. The molecule has 0 bridgehead atoms. The summed E-state index contributed by atoms with van der Waals surface area (Å²) in [4.78, 5) is 23.4. The second kappa shape index (κ2) is 6.43. The average molecular weight is 217 g/mol. The van der Waals surface area contributed by atoms with Crippen molar-refractivity contribution in [2.24, 2.45) is 0 Å². The Balaban J connectivity index is 0. The molecule has 4 nitrogen and oxygen atoms in total. The van der Waals surface area contributed by atoms with Gasteiger partial charge < -0.3 is 14.4 Å². The fraction of sp³-hybridized carbons (Fsp3) is 0.818. The van der Waals surface area contributed by atoms with Crippen LogP contribution in [0.15, 0.2) is 0 Å². The van der Waals surface area contributed by atoms with Gasteiger partial charge in [0, 0.05) is 7.05 Å². The van der Waals surface area contributed by atoms with E-state index in [0.717, 1.165) is 6.29 Å². The van der Waals surface area contributed by atoms with Gasteiger partial charge in [-0.2, -0.15) is 0 Å². The maximum atomic E-state index is 11.5. The molecule has 0 heterocycles. The van der Waals surface area contributed by atoms with Gasteiger partial charge in [0.05, 0.1) is 6.04 Å². The van der Waals surface area contributed by atoms with Gasteiger partial charge in [0.25, 0.3) is 0 Å². The first kappa shape index (κ1) is 16.4. The van der Waals surface area contributed by atoms with Crippen molar-refractivity contribution in [2.45, 2.75) is 53.2 Å². The smallest absolute Gasteiger partial charge is 0.410 e. The standard InChI is InChI=1S/C10H19NO3.CH4/c1-6-8(7-12)11(5)9(13)14-10(2,3)4;/h7-8H,6H2,1-5H3;1H4. The van der Waals surface area contributed by atoms with Crippen LogP contribution in [0.3, 0.4) is 0 Å². The Morgan fingerprint density at radius 1 is 1.47 bits per heavy atom. The summed E-state index contributed by atoms with van der Waals surface area (Å²) in [5, 5.41) is 0. The van der Waals surface area contributed by atoms with E-state index in [-0.39, 0.29) is 7.43 Å². The molecule has 0 aromatic heterocycles. The molecule has 0 aromatic carbocycles. The second-order valence-corrected chi connectivity index (χ2v) is 4.20. The number of carbonyl (C=O) groups excluding carboxylic acids is 2. The average Bonchev–Trinajstić information content (AvgIpc) is 2.03. The SMILES string of the molecule is C.CCC(C=O)N(C)C(=O)OC(C)(C)C. The number of hydrogen-bond donors (Lipinski definition) is 0. The third-order valence-electron chi connectivity index (χ3n) is 1.75. The number of amides is 1. The van der Waals surface area contributed by atoms with Crippen molar-refractivity contribution in [2.75, 3.05) is 7.05 Å². The lowest BCUT2D eigenvalue weighted by molar-refractivity contribution is -0.112. The minimum atomic E-state index is -0.521. The number of hydrogen-bond acceptors (Lipinski definition) is 3. The van der Waals surface area contributed by atoms with E-state index in [9.17, 15) is 9.59 Å². The number of ether oxygens (including phenoxy) is 1. The van der Waals surface area contributed by atoms with Gasteiger partial charge in [-0.25, -0.2) is 4.79 Å². The molecule has 0 aliphatic rings. The van der Waals surface area contributed by atoms with Crippen LogP contribution in [0.4, 0.5) is 4.79 Å². The topological polar surface area (TPSA) is 46.6 Å². The zero-order valence-corrected chi connectivity index (χ0v) is 9.53. The zero-order valence-electron chi connectivity index (χ0n) is 9.53. The van der Waals surface area contributed by atoms with E-state index >= 15 is 0 Å². The van der Waals surface area contributed by atoms with Crippen molar-refractivity contribution in [1.29, 1.82) is 0 Å². The lowest BCUT2D eigenvalue weighted by atomic mass is 10.2. The molecule has 0 spiro atoms. The first-order chi connectivity index (χ1) is 6.31. The molecule has 0 rings (SSSR count). The van der Waals surface area contributed by atoms with E-state index in [1.54, 1.807) is 27.8 Å². The Morgan fingerprint density at radius 3 is 2.20 bits per heavy atom. The predicted molar refractivity (Wildman–Crippen MR) is 60.9 cm³/mol. The molecule has 0 radical (unpaired) electrons. The summed E-state index contributed by atoms with van der Waals surface area (Å²) in [6.45, 7) is 7.22. The summed E-state index contributed by atoms with van der Waals surface area (Å²) in [5.41, 5.74) is -0.521. The van der Waals surface area contributed by atoms with Gasteiger partial charge in [-0.15, -0.1) is 0 Å². The molecule has 15 heavy (non-hydrogen) atoms. The monoisotopic (exact) mass is 217 g/mol. The summed E-state index contributed by atoms with van der Waals surface area (Å²) in [6, 6.07) is -0.398. The summed E-state index contributed by atoms with van der Waals surface area (Å²) in [6.07, 6.45) is 0.889. The molecule has 1 amide bonds. The van der Waals surface area contributed by atoms with Crippen molar-refractivity contribution in [3.05, 3.63) is 0 Å².